The van der Waals surface area contributed by atoms with E-state index in [1.54, 1.807) is 12.1 Å². The number of aromatic nitrogens is 1. The van der Waals surface area contributed by atoms with Gasteiger partial charge in [0.25, 0.3) is 0 Å². The van der Waals surface area contributed by atoms with Gasteiger partial charge < -0.3 is 10.0 Å². The van der Waals surface area contributed by atoms with Crippen LogP contribution in [0, 0.1) is 11.3 Å². The molecule has 1 aromatic rings. The third kappa shape index (κ3) is 2.92. The lowest BCUT2D eigenvalue weighted by atomic mass is 9.91. The Balaban J connectivity index is 2.23. The number of pyridine rings is 1. The van der Waals surface area contributed by atoms with E-state index in [0.29, 0.717) is 23.2 Å². The first-order valence-electron chi connectivity index (χ1n) is 6.20. The van der Waals surface area contributed by atoms with Crippen molar-refractivity contribution in [1.29, 1.82) is 5.26 Å². The summed E-state index contributed by atoms with van der Waals surface area (Å²) in [7, 11) is 0. The number of nitriles is 1. The third-order valence-corrected chi connectivity index (χ3v) is 3.47. The second kappa shape index (κ2) is 6.03. The summed E-state index contributed by atoms with van der Waals surface area (Å²) in [6.45, 7) is 0.911. The van der Waals surface area contributed by atoms with Gasteiger partial charge >= 0.3 is 0 Å². The Bertz CT molecular complexity index is 454. The van der Waals surface area contributed by atoms with Crippen LogP contribution in [-0.4, -0.2) is 29.3 Å². The maximum atomic E-state index is 8.96. The first-order valence-corrected chi connectivity index (χ1v) is 6.57. The van der Waals surface area contributed by atoms with E-state index in [4.69, 9.17) is 22.0 Å². The molecule has 0 amide bonds. The van der Waals surface area contributed by atoms with Crippen LogP contribution in [-0.2, 0) is 0 Å². The van der Waals surface area contributed by atoms with Crippen LogP contribution < -0.4 is 4.90 Å². The molecule has 0 unspecified atom stereocenters. The normalized spacial score (nSPS) is 14.9. The molecular weight excluding hydrogens is 250 g/mol. The molecule has 1 aliphatic carbocycles. The molecule has 5 heteroatoms. The molecule has 4 nitrogen and oxygen atoms in total. The van der Waals surface area contributed by atoms with Gasteiger partial charge in [0, 0.05) is 19.2 Å². The van der Waals surface area contributed by atoms with Crippen molar-refractivity contribution in [2.24, 2.45) is 0 Å². The van der Waals surface area contributed by atoms with Gasteiger partial charge in [-0.3, -0.25) is 0 Å². The second-order valence-electron chi connectivity index (χ2n) is 4.50. The molecule has 1 aromatic heterocycles. The molecule has 1 N–H and O–H groups in total. The highest BCUT2D eigenvalue weighted by Gasteiger charge is 2.26. The minimum Gasteiger partial charge on any atom is -0.396 e. The van der Waals surface area contributed by atoms with E-state index in [0.717, 1.165) is 25.2 Å². The lowest BCUT2D eigenvalue weighted by molar-refractivity contribution is 0.282. The lowest BCUT2D eigenvalue weighted by Gasteiger charge is -2.38. The maximum absolute atomic E-state index is 8.96. The van der Waals surface area contributed by atoms with Crippen molar-refractivity contribution in [3.8, 4) is 6.07 Å². The van der Waals surface area contributed by atoms with Gasteiger partial charge in [-0.15, -0.1) is 0 Å². The minimum absolute atomic E-state index is 0.162. The molecule has 0 spiro atoms. The summed E-state index contributed by atoms with van der Waals surface area (Å²) in [5.41, 5.74) is 0.526. The molecule has 1 saturated carbocycles. The predicted octanol–water partition coefficient (Wildman–Crippen LogP) is 2.35. The highest BCUT2D eigenvalue weighted by atomic mass is 35.5. The first-order chi connectivity index (χ1) is 8.74. The van der Waals surface area contributed by atoms with E-state index in [-0.39, 0.29) is 6.61 Å². The lowest BCUT2D eigenvalue weighted by Crippen LogP contribution is -2.41. The van der Waals surface area contributed by atoms with Crippen LogP contribution in [0.1, 0.15) is 31.2 Å². The highest BCUT2D eigenvalue weighted by molar-refractivity contribution is 6.29. The predicted molar refractivity (Wildman–Crippen MR) is 70.6 cm³/mol. The van der Waals surface area contributed by atoms with E-state index in [1.807, 2.05) is 0 Å². The van der Waals surface area contributed by atoms with Gasteiger partial charge in [-0.05, 0) is 37.8 Å². The Kier molecular flexibility index (Phi) is 4.40. The van der Waals surface area contributed by atoms with Crippen LogP contribution >= 0.6 is 11.6 Å². The van der Waals surface area contributed by atoms with Crippen molar-refractivity contribution >= 4 is 17.4 Å². The van der Waals surface area contributed by atoms with Crippen molar-refractivity contribution in [3.63, 3.8) is 0 Å². The Morgan fingerprint density at radius 1 is 1.50 bits per heavy atom. The van der Waals surface area contributed by atoms with E-state index >= 15 is 0 Å². The number of anilines is 1. The Morgan fingerprint density at radius 2 is 2.28 bits per heavy atom. The van der Waals surface area contributed by atoms with Crippen LogP contribution in [0.4, 0.5) is 5.82 Å². The van der Waals surface area contributed by atoms with Gasteiger partial charge in [-0.2, -0.15) is 5.26 Å². The van der Waals surface area contributed by atoms with Crippen molar-refractivity contribution in [3.05, 3.63) is 22.8 Å². The van der Waals surface area contributed by atoms with Gasteiger partial charge in [0.1, 0.15) is 11.0 Å². The van der Waals surface area contributed by atoms with Crippen molar-refractivity contribution < 1.29 is 5.11 Å². The minimum atomic E-state index is 0.162. The zero-order chi connectivity index (χ0) is 13.0. The van der Waals surface area contributed by atoms with Crippen LogP contribution in [0.5, 0.6) is 0 Å². The maximum Gasteiger partial charge on any atom is 0.132 e. The molecule has 1 heterocycles. The molecule has 18 heavy (non-hydrogen) atoms. The van der Waals surface area contributed by atoms with Crippen LogP contribution in [0.15, 0.2) is 12.1 Å². The first kappa shape index (κ1) is 13.1. The largest absolute Gasteiger partial charge is 0.396 e. The number of aliphatic hydroxyl groups is 1. The average Bonchev–Trinajstić information content (AvgIpc) is 2.31. The van der Waals surface area contributed by atoms with E-state index in [1.165, 1.54) is 6.42 Å². The number of nitrogens with zero attached hydrogens (tertiary/aromatic N) is 3. The summed E-state index contributed by atoms with van der Waals surface area (Å²) in [6, 6.07) is 5.89. The Morgan fingerprint density at radius 3 is 2.83 bits per heavy atom. The van der Waals surface area contributed by atoms with Gasteiger partial charge in [0.15, 0.2) is 0 Å². The number of aliphatic hydroxyl groups excluding tert-OH is 1. The number of halogens is 1. The average molecular weight is 266 g/mol. The van der Waals surface area contributed by atoms with Gasteiger partial charge in [0.05, 0.1) is 11.6 Å². The van der Waals surface area contributed by atoms with E-state index in [9.17, 15) is 0 Å². The molecule has 2 rings (SSSR count). The molecule has 0 radical (unpaired) electrons. The fraction of sp³-hybridized carbons (Fsp3) is 0.538. The quantitative estimate of drug-likeness (QED) is 0.831. The molecule has 0 atom stereocenters. The monoisotopic (exact) mass is 265 g/mol. The van der Waals surface area contributed by atoms with Crippen LogP contribution in [0.2, 0.25) is 5.15 Å². The fourth-order valence-electron chi connectivity index (χ4n) is 2.12. The number of rotatable bonds is 5. The topological polar surface area (TPSA) is 60.2 Å². The van der Waals surface area contributed by atoms with Crippen LogP contribution in [0.25, 0.3) is 0 Å². The number of hydrogen-bond donors (Lipinski definition) is 1. The smallest absolute Gasteiger partial charge is 0.132 e. The van der Waals surface area contributed by atoms with Gasteiger partial charge in [0.2, 0.25) is 0 Å². The van der Waals surface area contributed by atoms with Crippen LogP contribution in [0.3, 0.4) is 0 Å². The van der Waals surface area contributed by atoms with Crippen molar-refractivity contribution in [1.82, 2.24) is 4.98 Å². The van der Waals surface area contributed by atoms with Crippen molar-refractivity contribution in [2.75, 3.05) is 18.1 Å². The molecule has 1 fully saturated rings. The summed E-state index contributed by atoms with van der Waals surface area (Å²) in [5.74, 6) is 0.747. The fourth-order valence-corrected chi connectivity index (χ4v) is 2.32. The Labute approximate surface area is 112 Å². The molecule has 0 bridgehead atoms. The number of hydrogen-bond acceptors (Lipinski definition) is 4. The molecule has 96 valence electrons. The zero-order valence-corrected chi connectivity index (χ0v) is 10.9. The van der Waals surface area contributed by atoms with E-state index < -0.39 is 0 Å². The Hall–Kier alpha value is -1.31. The van der Waals surface area contributed by atoms with Gasteiger partial charge in [-0.1, -0.05) is 11.6 Å². The molecular formula is C13H16ClN3O. The SMILES string of the molecule is N#Cc1cc(Cl)nc(N(CCCO)C2CCC2)c1. The zero-order valence-electron chi connectivity index (χ0n) is 10.1. The second-order valence-corrected chi connectivity index (χ2v) is 4.89. The summed E-state index contributed by atoms with van der Waals surface area (Å²) >= 11 is 5.93. The molecule has 0 saturated heterocycles. The summed E-state index contributed by atoms with van der Waals surface area (Å²) < 4.78 is 0. The van der Waals surface area contributed by atoms with E-state index in [2.05, 4.69) is 16.0 Å². The standard InChI is InChI=1S/C13H16ClN3O/c14-12-7-10(9-15)8-13(16-12)17(5-2-6-18)11-3-1-4-11/h7-8,11,18H,1-6H2. The van der Waals surface area contributed by atoms with Gasteiger partial charge in [-0.25, -0.2) is 4.98 Å². The summed E-state index contributed by atoms with van der Waals surface area (Å²) in [6.07, 6.45) is 4.21. The summed E-state index contributed by atoms with van der Waals surface area (Å²) in [4.78, 5) is 6.46. The highest BCUT2D eigenvalue weighted by Crippen LogP contribution is 2.29. The molecule has 0 aliphatic heterocycles. The molecule has 0 aromatic carbocycles. The van der Waals surface area contributed by atoms with Crippen molar-refractivity contribution in [2.45, 2.75) is 31.7 Å². The molecule has 1 aliphatic rings. The summed E-state index contributed by atoms with van der Waals surface area (Å²) in [5, 5.41) is 18.3. The third-order valence-electron chi connectivity index (χ3n) is 3.28.